The van der Waals surface area contributed by atoms with Crippen molar-refractivity contribution in [3.05, 3.63) is 21.3 Å². The number of hydrogen-bond donors (Lipinski definition) is 1. The minimum absolute atomic E-state index is 0.396. The maximum absolute atomic E-state index is 5.98. The molecule has 0 aromatic carbocycles. The number of nitrogens with zero attached hydrogens (tertiary/aromatic N) is 1. The monoisotopic (exact) mass is 300 g/mol. The Bertz CT molecular complexity index is 374. The summed E-state index contributed by atoms with van der Waals surface area (Å²) in [6, 6.07) is 2.46. The fourth-order valence-electron chi connectivity index (χ4n) is 2.69. The van der Waals surface area contributed by atoms with Crippen LogP contribution in [0.25, 0.3) is 0 Å². The van der Waals surface area contributed by atoms with E-state index in [9.17, 15) is 0 Å². The quantitative estimate of drug-likeness (QED) is 0.848. The second-order valence-electron chi connectivity index (χ2n) is 5.78. The highest BCUT2D eigenvalue weighted by molar-refractivity contribution is 7.14. The van der Waals surface area contributed by atoms with E-state index in [4.69, 9.17) is 11.6 Å². The van der Waals surface area contributed by atoms with Crippen LogP contribution in [0.5, 0.6) is 0 Å². The summed E-state index contributed by atoms with van der Waals surface area (Å²) in [4.78, 5) is 2.61. The minimum atomic E-state index is 0.396. The molecule has 0 spiro atoms. The van der Waals surface area contributed by atoms with Gasteiger partial charge in [-0.25, -0.2) is 0 Å². The molecule has 0 radical (unpaired) electrons. The Morgan fingerprint density at radius 3 is 2.68 bits per heavy atom. The first kappa shape index (κ1) is 15.3. The van der Waals surface area contributed by atoms with E-state index in [1.807, 2.05) is 0 Å². The number of thiophene rings is 1. The maximum atomic E-state index is 5.98. The molecule has 2 heterocycles. The molecule has 1 aromatic rings. The molecule has 1 aromatic heterocycles. The molecule has 1 fully saturated rings. The van der Waals surface area contributed by atoms with Gasteiger partial charge >= 0.3 is 0 Å². The zero-order valence-electron chi connectivity index (χ0n) is 12.0. The van der Waals surface area contributed by atoms with Gasteiger partial charge in [-0.3, -0.25) is 0 Å². The summed E-state index contributed by atoms with van der Waals surface area (Å²) in [7, 11) is 0. The van der Waals surface area contributed by atoms with E-state index in [1.165, 1.54) is 44.5 Å². The third-order valence-electron chi connectivity index (χ3n) is 3.88. The summed E-state index contributed by atoms with van der Waals surface area (Å²) in [5, 5.41) is 5.77. The molecule has 0 aliphatic carbocycles. The highest BCUT2D eigenvalue weighted by Crippen LogP contribution is 2.24. The molecule has 4 heteroatoms. The Hall–Kier alpha value is -0.0900. The van der Waals surface area contributed by atoms with Gasteiger partial charge in [0.15, 0.2) is 0 Å². The molecule has 19 heavy (non-hydrogen) atoms. The van der Waals surface area contributed by atoms with Gasteiger partial charge in [0.2, 0.25) is 0 Å². The maximum Gasteiger partial charge on any atom is 0.0931 e. The molecular formula is C15H25ClN2S. The van der Waals surface area contributed by atoms with Gasteiger partial charge in [0.1, 0.15) is 0 Å². The number of nitrogens with one attached hydrogen (secondary N) is 1. The van der Waals surface area contributed by atoms with Crippen LogP contribution in [-0.2, 0) is 0 Å². The summed E-state index contributed by atoms with van der Waals surface area (Å²) in [6.07, 6.45) is 4.17. The first-order valence-electron chi connectivity index (χ1n) is 7.35. The van der Waals surface area contributed by atoms with Gasteiger partial charge in [0.05, 0.1) is 4.34 Å². The SMILES string of the molecule is CC(CNC(C)c1csc(Cl)c1)CN1CCCCC1. The van der Waals surface area contributed by atoms with E-state index >= 15 is 0 Å². The van der Waals surface area contributed by atoms with E-state index < -0.39 is 0 Å². The molecule has 2 rings (SSSR count). The summed E-state index contributed by atoms with van der Waals surface area (Å²) in [5.41, 5.74) is 1.31. The van der Waals surface area contributed by atoms with Gasteiger partial charge in [-0.2, -0.15) is 0 Å². The molecule has 108 valence electrons. The lowest BCUT2D eigenvalue weighted by Crippen LogP contribution is -2.37. The number of likely N-dealkylation sites (tertiary alicyclic amines) is 1. The molecule has 1 N–H and O–H groups in total. The third kappa shape index (κ3) is 5.07. The van der Waals surface area contributed by atoms with Crippen molar-refractivity contribution in [2.24, 2.45) is 5.92 Å². The fraction of sp³-hybridized carbons (Fsp3) is 0.733. The van der Waals surface area contributed by atoms with E-state index in [1.54, 1.807) is 11.3 Å². The molecule has 2 nitrogen and oxygen atoms in total. The van der Waals surface area contributed by atoms with E-state index in [0.717, 1.165) is 10.9 Å². The van der Waals surface area contributed by atoms with Crippen LogP contribution in [0, 0.1) is 5.92 Å². The van der Waals surface area contributed by atoms with Crippen LogP contribution in [0.15, 0.2) is 11.4 Å². The van der Waals surface area contributed by atoms with Crippen LogP contribution >= 0.6 is 22.9 Å². The van der Waals surface area contributed by atoms with Crippen molar-refractivity contribution in [1.29, 1.82) is 0 Å². The predicted octanol–water partition coefficient (Wildman–Crippen LogP) is 4.17. The van der Waals surface area contributed by atoms with Crippen LogP contribution < -0.4 is 5.32 Å². The first-order valence-corrected chi connectivity index (χ1v) is 8.60. The standard InChI is InChI=1S/C15H25ClN2S/c1-12(10-18-6-4-3-5-7-18)9-17-13(2)14-8-15(16)19-11-14/h8,11-13,17H,3-7,9-10H2,1-2H3. The van der Waals surface area contributed by atoms with Crippen molar-refractivity contribution >= 4 is 22.9 Å². The van der Waals surface area contributed by atoms with E-state index in [-0.39, 0.29) is 0 Å². The van der Waals surface area contributed by atoms with Gasteiger partial charge in [-0.05, 0) is 62.3 Å². The number of hydrogen-bond acceptors (Lipinski definition) is 3. The summed E-state index contributed by atoms with van der Waals surface area (Å²) >= 11 is 7.59. The summed E-state index contributed by atoms with van der Waals surface area (Å²) < 4.78 is 0.880. The highest BCUT2D eigenvalue weighted by atomic mass is 35.5. The normalized spacial score (nSPS) is 20.4. The summed E-state index contributed by atoms with van der Waals surface area (Å²) in [6.45, 7) is 9.44. The second kappa shape index (κ2) is 7.63. The predicted molar refractivity (Wildman–Crippen MR) is 85.2 cm³/mol. The fourth-order valence-corrected chi connectivity index (χ4v) is 3.68. The molecule has 0 amide bonds. The van der Waals surface area contributed by atoms with Crippen molar-refractivity contribution in [3.8, 4) is 0 Å². The molecule has 0 saturated carbocycles. The van der Waals surface area contributed by atoms with Crippen LogP contribution in [0.1, 0.15) is 44.7 Å². The van der Waals surface area contributed by atoms with Crippen LogP contribution in [0.4, 0.5) is 0 Å². The molecule has 1 saturated heterocycles. The first-order chi connectivity index (χ1) is 9.15. The van der Waals surface area contributed by atoms with Gasteiger partial charge in [0, 0.05) is 12.6 Å². The van der Waals surface area contributed by atoms with Crippen molar-refractivity contribution in [2.75, 3.05) is 26.2 Å². The van der Waals surface area contributed by atoms with Crippen LogP contribution in [0.3, 0.4) is 0 Å². The number of halogens is 1. The average Bonchev–Trinajstić information content (AvgIpc) is 2.84. The Labute approximate surface area is 126 Å². The van der Waals surface area contributed by atoms with Crippen molar-refractivity contribution in [1.82, 2.24) is 10.2 Å². The molecule has 2 atom stereocenters. The van der Waals surface area contributed by atoms with Gasteiger partial charge in [-0.15, -0.1) is 11.3 Å². The average molecular weight is 301 g/mol. The van der Waals surface area contributed by atoms with E-state index in [0.29, 0.717) is 12.0 Å². The Kier molecular flexibility index (Phi) is 6.14. The topological polar surface area (TPSA) is 15.3 Å². The zero-order valence-corrected chi connectivity index (χ0v) is 13.6. The number of piperidine rings is 1. The molecule has 1 aliphatic rings. The van der Waals surface area contributed by atoms with Gasteiger partial charge in [0.25, 0.3) is 0 Å². The lowest BCUT2D eigenvalue weighted by molar-refractivity contribution is 0.197. The Morgan fingerprint density at radius 1 is 1.32 bits per heavy atom. The number of rotatable bonds is 6. The van der Waals surface area contributed by atoms with Crippen molar-refractivity contribution in [2.45, 2.75) is 39.2 Å². The summed E-state index contributed by atoms with van der Waals surface area (Å²) in [5.74, 6) is 0.703. The van der Waals surface area contributed by atoms with Crippen molar-refractivity contribution < 1.29 is 0 Å². The van der Waals surface area contributed by atoms with Gasteiger partial charge in [-0.1, -0.05) is 24.9 Å². The lowest BCUT2D eigenvalue weighted by atomic mass is 10.1. The highest BCUT2D eigenvalue weighted by Gasteiger charge is 2.14. The Balaban J connectivity index is 1.69. The Morgan fingerprint density at radius 2 is 2.05 bits per heavy atom. The van der Waals surface area contributed by atoms with Crippen LogP contribution in [0.2, 0.25) is 4.34 Å². The van der Waals surface area contributed by atoms with Crippen molar-refractivity contribution in [3.63, 3.8) is 0 Å². The van der Waals surface area contributed by atoms with Gasteiger partial charge < -0.3 is 10.2 Å². The molecular weight excluding hydrogens is 276 g/mol. The van der Waals surface area contributed by atoms with E-state index in [2.05, 4.69) is 35.5 Å². The lowest BCUT2D eigenvalue weighted by Gasteiger charge is -2.29. The van der Waals surface area contributed by atoms with Crippen LogP contribution in [-0.4, -0.2) is 31.1 Å². The molecule has 0 bridgehead atoms. The minimum Gasteiger partial charge on any atom is -0.310 e. The molecule has 1 aliphatic heterocycles. The zero-order chi connectivity index (χ0) is 13.7. The third-order valence-corrected chi connectivity index (χ3v) is 4.99. The largest absolute Gasteiger partial charge is 0.310 e. The second-order valence-corrected chi connectivity index (χ2v) is 7.32. The smallest absolute Gasteiger partial charge is 0.0931 e. The molecule has 2 unspecified atom stereocenters.